The van der Waals surface area contributed by atoms with Crippen LogP contribution in [0.3, 0.4) is 0 Å². The van der Waals surface area contributed by atoms with Crippen molar-refractivity contribution >= 4 is 23.5 Å². The molecule has 0 bridgehead atoms. The summed E-state index contributed by atoms with van der Waals surface area (Å²) in [5, 5.41) is 0. The highest BCUT2D eigenvalue weighted by atomic mass is 32.2. The molecule has 1 aromatic rings. The molecular weight excluding hydrogens is 248 g/mol. The molecule has 0 saturated heterocycles. The number of ether oxygens (including phenoxy) is 1. The van der Waals surface area contributed by atoms with Crippen LogP contribution in [0.4, 0.5) is 0 Å². The van der Waals surface area contributed by atoms with Gasteiger partial charge in [-0.1, -0.05) is 24.6 Å². The topological polar surface area (TPSA) is 43.4 Å². The molecule has 1 atom stereocenters. The molecule has 0 aliphatic carbocycles. The zero-order chi connectivity index (χ0) is 13.5. The number of Topliss-reactive ketones (excluding diaryl/α,β-unsaturated/α-hetero) is 1. The Morgan fingerprint density at radius 2 is 1.89 bits per heavy atom. The van der Waals surface area contributed by atoms with Crippen LogP contribution in [0.15, 0.2) is 29.2 Å². The van der Waals surface area contributed by atoms with E-state index in [0.29, 0.717) is 12.2 Å². The Hall–Kier alpha value is -1.29. The zero-order valence-electron chi connectivity index (χ0n) is 10.9. The molecule has 0 spiro atoms. The van der Waals surface area contributed by atoms with E-state index >= 15 is 0 Å². The molecule has 3 nitrogen and oxygen atoms in total. The van der Waals surface area contributed by atoms with E-state index in [-0.39, 0.29) is 5.78 Å². The Balaban J connectivity index is 2.54. The molecule has 1 rings (SSSR count). The second-order valence-corrected chi connectivity index (χ2v) is 5.10. The molecule has 1 unspecified atom stereocenters. The number of methoxy groups -OCH3 is 1. The summed E-state index contributed by atoms with van der Waals surface area (Å²) in [4.78, 5) is 24.3. The van der Waals surface area contributed by atoms with Crippen LogP contribution in [0.5, 0.6) is 0 Å². The van der Waals surface area contributed by atoms with Crippen molar-refractivity contribution in [2.24, 2.45) is 5.92 Å². The van der Waals surface area contributed by atoms with Gasteiger partial charge < -0.3 is 4.74 Å². The van der Waals surface area contributed by atoms with Crippen LogP contribution < -0.4 is 0 Å². The van der Waals surface area contributed by atoms with Gasteiger partial charge in [0.05, 0.1) is 12.9 Å². The lowest BCUT2D eigenvalue weighted by atomic mass is 10.0. The summed E-state index contributed by atoms with van der Waals surface area (Å²) in [5.41, 5.74) is 1.19. The number of ketones is 1. The van der Waals surface area contributed by atoms with Crippen molar-refractivity contribution in [2.45, 2.75) is 25.2 Å². The van der Waals surface area contributed by atoms with Crippen molar-refractivity contribution in [1.29, 1.82) is 0 Å². The lowest BCUT2D eigenvalue weighted by molar-refractivity contribution is -0.148. The fourth-order valence-electron chi connectivity index (χ4n) is 1.56. The number of rotatable bonds is 6. The van der Waals surface area contributed by atoms with Gasteiger partial charge in [-0.3, -0.25) is 9.59 Å². The predicted octanol–water partition coefficient (Wildman–Crippen LogP) is 2.86. The number of esters is 1. The number of hydrogen-bond acceptors (Lipinski definition) is 4. The van der Waals surface area contributed by atoms with E-state index in [1.165, 1.54) is 24.4 Å². The standard InChI is InChI=1S/C14H18O3S/c1-4-12(14(16)17-3)13(15)9-18-11-7-5-10(2)6-8-11/h5-8,12H,4,9H2,1-3H3. The van der Waals surface area contributed by atoms with Gasteiger partial charge in [0.2, 0.25) is 0 Å². The van der Waals surface area contributed by atoms with E-state index in [1.807, 2.05) is 38.1 Å². The largest absolute Gasteiger partial charge is 0.468 e. The molecule has 0 fully saturated rings. The third-order valence-corrected chi connectivity index (χ3v) is 3.72. The minimum Gasteiger partial charge on any atom is -0.468 e. The quantitative estimate of drug-likeness (QED) is 0.451. The van der Waals surface area contributed by atoms with Gasteiger partial charge in [-0.25, -0.2) is 0 Å². The predicted molar refractivity (Wildman–Crippen MR) is 72.7 cm³/mol. The molecule has 0 aliphatic rings. The first-order valence-corrected chi connectivity index (χ1v) is 6.87. The number of carbonyl (C=O) groups is 2. The average molecular weight is 266 g/mol. The zero-order valence-corrected chi connectivity index (χ0v) is 11.8. The summed E-state index contributed by atoms with van der Waals surface area (Å²) >= 11 is 1.45. The molecule has 0 amide bonds. The third kappa shape index (κ3) is 4.18. The molecule has 4 heteroatoms. The molecule has 0 saturated carbocycles. The van der Waals surface area contributed by atoms with Gasteiger partial charge in [-0.2, -0.15) is 0 Å². The Morgan fingerprint density at radius 3 is 2.39 bits per heavy atom. The van der Waals surface area contributed by atoms with Crippen LogP contribution in [0, 0.1) is 12.8 Å². The molecule has 0 aliphatic heterocycles. The second-order valence-electron chi connectivity index (χ2n) is 4.05. The normalized spacial score (nSPS) is 11.9. The van der Waals surface area contributed by atoms with E-state index < -0.39 is 11.9 Å². The van der Waals surface area contributed by atoms with Crippen molar-refractivity contribution in [3.8, 4) is 0 Å². The molecule has 0 N–H and O–H groups in total. The summed E-state index contributed by atoms with van der Waals surface area (Å²) in [7, 11) is 1.31. The van der Waals surface area contributed by atoms with Gasteiger partial charge in [0.15, 0.2) is 5.78 Å². The number of thioether (sulfide) groups is 1. The van der Waals surface area contributed by atoms with Crippen LogP contribution in [0.25, 0.3) is 0 Å². The number of aryl methyl sites for hydroxylation is 1. The van der Waals surface area contributed by atoms with E-state index in [9.17, 15) is 9.59 Å². The maximum Gasteiger partial charge on any atom is 0.316 e. The number of benzene rings is 1. The highest BCUT2D eigenvalue weighted by Crippen LogP contribution is 2.20. The third-order valence-electron chi connectivity index (χ3n) is 2.68. The first kappa shape index (κ1) is 14.8. The van der Waals surface area contributed by atoms with Crippen LogP contribution in [-0.4, -0.2) is 24.6 Å². The lowest BCUT2D eigenvalue weighted by Crippen LogP contribution is -2.26. The fraction of sp³-hybridized carbons (Fsp3) is 0.429. The van der Waals surface area contributed by atoms with Crippen molar-refractivity contribution in [1.82, 2.24) is 0 Å². The van der Waals surface area contributed by atoms with Gasteiger partial charge in [0.1, 0.15) is 5.92 Å². The van der Waals surface area contributed by atoms with Crippen molar-refractivity contribution in [3.63, 3.8) is 0 Å². The highest BCUT2D eigenvalue weighted by Gasteiger charge is 2.25. The minimum atomic E-state index is -0.632. The Kier molecular flexibility index (Phi) is 5.92. The Bertz CT molecular complexity index is 412. The minimum absolute atomic E-state index is 0.0741. The first-order valence-electron chi connectivity index (χ1n) is 5.88. The van der Waals surface area contributed by atoms with Crippen LogP contribution in [-0.2, 0) is 14.3 Å². The van der Waals surface area contributed by atoms with Gasteiger partial charge in [-0.15, -0.1) is 11.8 Å². The van der Waals surface area contributed by atoms with Crippen molar-refractivity contribution in [3.05, 3.63) is 29.8 Å². The molecule has 1 aromatic carbocycles. The summed E-state index contributed by atoms with van der Waals surface area (Å²) in [6, 6.07) is 7.97. The number of hydrogen-bond donors (Lipinski definition) is 0. The second kappa shape index (κ2) is 7.21. The maximum atomic E-state index is 11.9. The lowest BCUT2D eigenvalue weighted by Gasteiger charge is -2.10. The smallest absolute Gasteiger partial charge is 0.316 e. The van der Waals surface area contributed by atoms with Gasteiger partial charge in [0.25, 0.3) is 0 Å². The van der Waals surface area contributed by atoms with E-state index in [2.05, 4.69) is 4.74 Å². The molecular formula is C14H18O3S. The van der Waals surface area contributed by atoms with Gasteiger partial charge >= 0.3 is 5.97 Å². The number of carbonyl (C=O) groups excluding carboxylic acids is 2. The summed E-state index contributed by atoms with van der Waals surface area (Å²) < 4.78 is 4.62. The monoisotopic (exact) mass is 266 g/mol. The Labute approximate surface area is 112 Å². The first-order chi connectivity index (χ1) is 8.58. The van der Waals surface area contributed by atoms with Crippen molar-refractivity contribution in [2.75, 3.05) is 12.9 Å². The van der Waals surface area contributed by atoms with E-state index in [0.717, 1.165) is 4.90 Å². The molecule has 0 aromatic heterocycles. The SMILES string of the molecule is CCC(C(=O)CSc1ccc(C)cc1)C(=O)OC. The summed E-state index contributed by atoms with van der Waals surface area (Å²) in [6.45, 7) is 3.83. The fourth-order valence-corrected chi connectivity index (χ4v) is 2.40. The van der Waals surface area contributed by atoms with Gasteiger partial charge in [-0.05, 0) is 25.5 Å². The highest BCUT2D eigenvalue weighted by molar-refractivity contribution is 8.00. The van der Waals surface area contributed by atoms with Crippen LogP contribution in [0.1, 0.15) is 18.9 Å². The summed E-state index contributed by atoms with van der Waals surface area (Å²) in [6.07, 6.45) is 0.486. The van der Waals surface area contributed by atoms with Gasteiger partial charge in [0, 0.05) is 4.90 Å². The molecule has 98 valence electrons. The molecule has 18 heavy (non-hydrogen) atoms. The Morgan fingerprint density at radius 1 is 1.28 bits per heavy atom. The van der Waals surface area contributed by atoms with Crippen LogP contribution in [0.2, 0.25) is 0 Å². The van der Waals surface area contributed by atoms with E-state index in [4.69, 9.17) is 0 Å². The maximum absolute atomic E-state index is 11.9. The average Bonchev–Trinajstić information content (AvgIpc) is 2.38. The van der Waals surface area contributed by atoms with Crippen molar-refractivity contribution < 1.29 is 14.3 Å². The van der Waals surface area contributed by atoms with Crippen LogP contribution >= 0.6 is 11.8 Å². The summed E-state index contributed by atoms with van der Waals surface area (Å²) in [5.74, 6) is -0.841. The van der Waals surface area contributed by atoms with E-state index in [1.54, 1.807) is 0 Å². The molecule has 0 heterocycles. The molecule has 0 radical (unpaired) electrons.